The van der Waals surface area contributed by atoms with E-state index in [2.05, 4.69) is 16.0 Å². The summed E-state index contributed by atoms with van der Waals surface area (Å²) < 4.78 is 17.3. The van der Waals surface area contributed by atoms with Crippen molar-refractivity contribution >= 4 is 45.8 Å². The number of carbonyl (C=O) groups excluding carboxylic acids is 3. The third kappa shape index (κ3) is 7.23. The quantitative estimate of drug-likeness (QED) is 0.206. The molecule has 2 aliphatic heterocycles. The SMILES string of the molecule is C[C@@H]1CN([C@@H](C)CO)C(=O)Cc2cc(NC(=O)Nc3ccc4c(c3)OCO4)ccc2O[C@H]1CN(C)C(=O)Nc1cccc2ccccc12. The molecule has 4 aromatic carbocycles. The largest absolute Gasteiger partial charge is 0.488 e. The van der Waals surface area contributed by atoms with Gasteiger partial charge in [0.2, 0.25) is 12.7 Å². The number of nitrogens with one attached hydrogen (secondary N) is 3. The minimum Gasteiger partial charge on any atom is -0.488 e. The Balaban J connectivity index is 1.20. The van der Waals surface area contributed by atoms with Crippen LogP contribution in [0.1, 0.15) is 19.4 Å². The Labute approximate surface area is 278 Å². The normalized spacial score (nSPS) is 17.7. The molecule has 250 valence electrons. The summed E-state index contributed by atoms with van der Waals surface area (Å²) in [6.45, 7) is 4.23. The highest BCUT2D eigenvalue weighted by molar-refractivity contribution is 6.02. The van der Waals surface area contributed by atoms with Crippen LogP contribution >= 0.6 is 0 Å². The lowest BCUT2D eigenvalue weighted by molar-refractivity contribution is -0.134. The van der Waals surface area contributed by atoms with Gasteiger partial charge in [-0.05, 0) is 48.7 Å². The lowest BCUT2D eigenvalue weighted by Gasteiger charge is -2.34. The van der Waals surface area contributed by atoms with Crippen molar-refractivity contribution in [3.8, 4) is 17.2 Å². The van der Waals surface area contributed by atoms with Gasteiger partial charge in [0.25, 0.3) is 0 Å². The molecule has 2 aliphatic rings. The van der Waals surface area contributed by atoms with E-state index in [1.165, 1.54) is 0 Å². The zero-order valence-electron chi connectivity index (χ0n) is 27.1. The van der Waals surface area contributed by atoms with Gasteiger partial charge in [0.05, 0.1) is 31.3 Å². The summed E-state index contributed by atoms with van der Waals surface area (Å²) in [6.07, 6.45) is -0.505. The van der Waals surface area contributed by atoms with Crippen molar-refractivity contribution in [2.24, 2.45) is 5.92 Å². The fourth-order valence-corrected chi connectivity index (χ4v) is 5.89. The Morgan fingerprint density at radius 3 is 2.44 bits per heavy atom. The smallest absolute Gasteiger partial charge is 0.323 e. The number of nitrogens with zero attached hydrogens (tertiary/aromatic N) is 2. The molecule has 0 saturated heterocycles. The second-order valence-electron chi connectivity index (χ2n) is 12.2. The highest BCUT2D eigenvalue weighted by Gasteiger charge is 2.32. The molecule has 4 N–H and O–H groups in total. The van der Waals surface area contributed by atoms with Crippen molar-refractivity contribution in [2.75, 3.05) is 49.5 Å². The van der Waals surface area contributed by atoms with Crippen molar-refractivity contribution in [3.63, 3.8) is 0 Å². The van der Waals surface area contributed by atoms with Crippen molar-refractivity contribution in [1.29, 1.82) is 0 Å². The van der Waals surface area contributed by atoms with Crippen LogP contribution in [0.2, 0.25) is 0 Å². The predicted octanol–water partition coefficient (Wildman–Crippen LogP) is 5.53. The first kappa shape index (κ1) is 32.5. The molecule has 12 heteroatoms. The molecule has 0 radical (unpaired) electrons. The van der Waals surface area contributed by atoms with Crippen molar-refractivity contribution in [3.05, 3.63) is 84.4 Å². The lowest BCUT2D eigenvalue weighted by Crippen LogP contribution is -2.48. The molecule has 0 aliphatic carbocycles. The van der Waals surface area contributed by atoms with E-state index in [9.17, 15) is 19.5 Å². The molecule has 5 amide bonds. The number of benzene rings is 4. The Bertz CT molecular complexity index is 1830. The molecule has 0 spiro atoms. The predicted molar refractivity (Wildman–Crippen MR) is 183 cm³/mol. The third-order valence-corrected chi connectivity index (χ3v) is 8.64. The number of rotatable bonds is 7. The maximum Gasteiger partial charge on any atom is 0.323 e. The summed E-state index contributed by atoms with van der Waals surface area (Å²) in [5.41, 5.74) is 2.26. The molecule has 6 rings (SSSR count). The summed E-state index contributed by atoms with van der Waals surface area (Å²) in [5, 5.41) is 20.6. The highest BCUT2D eigenvalue weighted by Crippen LogP contribution is 2.34. The van der Waals surface area contributed by atoms with E-state index >= 15 is 0 Å². The van der Waals surface area contributed by atoms with Gasteiger partial charge in [-0.2, -0.15) is 0 Å². The van der Waals surface area contributed by atoms with Gasteiger partial charge >= 0.3 is 12.1 Å². The lowest BCUT2D eigenvalue weighted by atomic mass is 10.0. The molecule has 0 saturated carbocycles. The highest BCUT2D eigenvalue weighted by atomic mass is 16.7. The zero-order valence-corrected chi connectivity index (χ0v) is 27.1. The van der Waals surface area contributed by atoms with Crippen LogP contribution in [0.25, 0.3) is 10.8 Å². The number of carbonyl (C=O) groups is 3. The van der Waals surface area contributed by atoms with E-state index in [4.69, 9.17) is 14.2 Å². The number of anilines is 3. The average molecular weight is 654 g/mol. The molecule has 2 heterocycles. The first-order chi connectivity index (χ1) is 23.2. The Kier molecular flexibility index (Phi) is 9.53. The Morgan fingerprint density at radius 2 is 1.65 bits per heavy atom. The number of likely N-dealkylation sites (N-methyl/N-ethyl adjacent to an activating group) is 1. The average Bonchev–Trinajstić information content (AvgIpc) is 3.56. The number of hydrogen-bond acceptors (Lipinski definition) is 7. The summed E-state index contributed by atoms with van der Waals surface area (Å²) in [5.74, 6) is 1.24. The summed E-state index contributed by atoms with van der Waals surface area (Å²) in [4.78, 5) is 43.1. The second kappa shape index (κ2) is 14.1. The molecule has 48 heavy (non-hydrogen) atoms. The molecular formula is C36H39N5O7. The van der Waals surface area contributed by atoms with E-state index in [-0.39, 0.29) is 44.2 Å². The van der Waals surface area contributed by atoms with Crippen LogP contribution in [0.5, 0.6) is 17.2 Å². The van der Waals surface area contributed by atoms with Crippen LogP contribution in [0.3, 0.4) is 0 Å². The maximum atomic E-state index is 13.6. The first-order valence-corrected chi connectivity index (χ1v) is 15.9. The monoisotopic (exact) mass is 653 g/mol. The van der Waals surface area contributed by atoms with Gasteiger partial charge in [-0.1, -0.05) is 43.3 Å². The van der Waals surface area contributed by atoms with Gasteiger partial charge in [0, 0.05) is 47.9 Å². The minimum absolute atomic E-state index is 0.00415. The fourth-order valence-electron chi connectivity index (χ4n) is 5.89. The van der Waals surface area contributed by atoms with Crippen LogP contribution in [0, 0.1) is 5.92 Å². The molecule has 4 aromatic rings. The first-order valence-electron chi connectivity index (χ1n) is 15.9. The van der Waals surface area contributed by atoms with Gasteiger partial charge in [-0.25, -0.2) is 9.59 Å². The summed E-state index contributed by atoms with van der Waals surface area (Å²) in [7, 11) is 1.70. The number of fused-ring (bicyclic) bond motifs is 3. The summed E-state index contributed by atoms with van der Waals surface area (Å²) >= 11 is 0. The van der Waals surface area contributed by atoms with Crippen molar-refractivity contribution < 1.29 is 33.7 Å². The minimum atomic E-state index is -0.501. The van der Waals surface area contributed by atoms with Crippen LogP contribution < -0.4 is 30.2 Å². The van der Waals surface area contributed by atoms with Crippen molar-refractivity contribution in [1.82, 2.24) is 9.80 Å². The van der Waals surface area contributed by atoms with Crippen LogP contribution in [-0.2, 0) is 11.2 Å². The van der Waals surface area contributed by atoms with Gasteiger partial charge in [0.1, 0.15) is 11.9 Å². The molecular weight excluding hydrogens is 614 g/mol. The summed E-state index contributed by atoms with van der Waals surface area (Å²) in [6, 6.07) is 22.6. The number of hydrogen-bond donors (Lipinski definition) is 4. The molecule has 0 bridgehead atoms. The maximum absolute atomic E-state index is 13.6. The number of aliphatic hydroxyl groups excluding tert-OH is 1. The topological polar surface area (TPSA) is 142 Å². The fraction of sp³-hybridized carbons (Fsp3) is 0.306. The standard InChI is InChI=1S/C36H39N5O7/c1-22-18-41(23(2)20-42)34(43)16-25-15-26(37-35(44)38-27-12-14-31-32(17-27)47-21-46-31)11-13-30(25)48-33(22)19-40(3)36(45)39-29-10-6-8-24-7-4-5-9-28(24)29/h4-15,17,22-23,33,42H,16,18-21H2,1-3H3,(H,39,45)(H2,37,38,44)/t22-,23+,33+/m1/s1. The number of aliphatic hydroxyl groups is 1. The van der Waals surface area contributed by atoms with Gasteiger partial charge in [-0.15, -0.1) is 0 Å². The Morgan fingerprint density at radius 1 is 0.938 bits per heavy atom. The number of ether oxygens (including phenoxy) is 3. The van der Waals surface area contributed by atoms with E-state index < -0.39 is 18.2 Å². The van der Waals surface area contributed by atoms with Crippen molar-refractivity contribution in [2.45, 2.75) is 32.4 Å². The van der Waals surface area contributed by atoms with E-state index in [1.807, 2.05) is 49.4 Å². The molecule has 0 aromatic heterocycles. The molecule has 12 nitrogen and oxygen atoms in total. The van der Waals surface area contributed by atoms with E-state index in [0.717, 1.165) is 10.8 Å². The second-order valence-corrected chi connectivity index (χ2v) is 12.2. The van der Waals surface area contributed by atoms with Crippen LogP contribution in [0.15, 0.2) is 78.9 Å². The third-order valence-electron chi connectivity index (χ3n) is 8.64. The van der Waals surface area contributed by atoms with Gasteiger partial charge < -0.3 is 45.1 Å². The van der Waals surface area contributed by atoms with Crippen LogP contribution in [-0.4, -0.2) is 78.6 Å². The molecule has 3 atom stereocenters. The van der Waals surface area contributed by atoms with Crippen LogP contribution in [0.4, 0.5) is 26.7 Å². The molecule has 0 unspecified atom stereocenters. The zero-order chi connectivity index (χ0) is 33.8. The van der Waals surface area contributed by atoms with E-state index in [1.54, 1.807) is 60.2 Å². The number of amides is 5. The Hall–Kier alpha value is -5.49. The number of urea groups is 2. The molecule has 0 fully saturated rings. The van der Waals surface area contributed by atoms with Gasteiger partial charge in [0.15, 0.2) is 11.5 Å². The van der Waals surface area contributed by atoms with E-state index in [0.29, 0.717) is 46.4 Å². The van der Waals surface area contributed by atoms with Gasteiger partial charge in [-0.3, -0.25) is 4.79 Å².